The average molecular weight is 395 g/mol. The van der Waals surface area contributed by atoms with E-state index >= 15 is 0 Å². The first-order valence-electron chi connectivity index (χ1n) is 8.75. The first kappa shape index (κ1) is 19.1. The second kappa shape index (κ2) is 8.37. The normalized spacial score (nSPS) is 23.8. The van der Waals surface area contributed by atoms with Gasteiger partial charge < -0.3 is 14.4 Å². The molecule has 2 fully saturated rings. The summed E-state index contributed by atoms with van der Waals surface area (Å²) in [6.07, 6.45) is 6.63. The van der Waals surface area contributed by atoms with Gasteiger partial charge in [-0.25, -0.2) is 0 Å². The zero-order chi connectivity index (χ0) is 18.7. The monoisotopic (exact) mass is 394 g/mol. The maximum atomic E-state index is 13.0. The highest BCUT2D eigenvalue weighted by atomic mass is 32.2. The SMILES string of the molecule is C[C@H](C(=O)N1CCCC[C@@H]1CCO)N1C(=O)/C(=C/c2ccco2)SC1=S. The molecule has 0 aliphatic carbocycles. The summed E-state index contributed by atoms with van der Waals surface area (Å²) in [6, 6.07) is 2.87. The molecule has 3 rings (SSSR count). The van der Waals surface area contributed by atoms with Gasteiger partial charge in [0.05, 0.1) is 11.2 Å². The molecule has 6 nitrogen and oxygen atoms in total. The number of aliphatic hydroxyl groups excluding tert-OH is 1. The van der Waals surface area contributed by atoms with Crippen molar-refractivity contribution >= 4 is 46.2 Å². The van der Waals surface area contributed by atoms with E-state index < -0.39 is 6.04 Å². The highest BCUT2D eigenvalue weighted by Gasteiger charge is 2.41. The Morgan fingerprint density at radius 2 is 2.35 bits per heavy atom. The molecule has 0 bridgehead atoms. The van der Waals surface area contributed by atoms with Gasteiger partial charge in [0.15, 0.2) is 0 Å². The molecule has 0 aromatic carbocycles. The molecule has 1 N–H and O–H groups in total. The number of hydrogen-bond donors (Lipinski definition) is 1. The second-order valence-electron chi connectivity index (χ2n) is 6.44. The number of aliphatic hydroxyl groups is 1. The maximum Gasteiger partial charge on any atom is 0.267 e. The van der Waals surface area contributed by atoms with Crippen molar-refractivity contribution in [3.63, 3.8) is 0 Å². The maximum absolute atomic E-state index is 13.0. The Bertz CT molecular complexity index is 715. The predicted molar refractivity (Wildman–Crippen MR) is 104 cm³/mol. The van der Waals surface area contributed by atoms with Gasteiger partial charge in [-0.2, -0.15) is 0 Å². The van der Waals surface area contributed by atoms with Crippen LogP contribution in [0.5, 0.6) is 0 Å². The molecule has 2 aliphatic rings. The number of furan rings is 1. The number of likely N-dealkylation sites (tertiary alicyclic amines) is 1. The molecule has 2 saturated heterocycles. The molecule has 1 aromatic rings. The number of rotatable bonds is 5. The molecule has 26 heavy (non-hydrogen) atoms. The molecule has 8 heteroatoms. The summed E-state index contributed by atoms with van der Waals surface area (Å²) in [5.74, 6) is 0.190. The van der Waals surface area contributed by atoms with Crippen molar-refractivity contribution in [3.8, 4) is 0 Å². The van der Waals surface area contributed by atoms with Crippen molar-refractivity contribution < 1.29 is 19.1 Å². The number of amides is 2. The molecule has 2 atom stereocenters. The molecular formula is C18H22N2O4S2. The third-order valence-electron chi connectivity index (χ3n) is 4.76. The molecule has 1 aromatic heterocycles. The van der Waals surface area contributed by atoms with E-state index in [4.69, 9.17) is 16.6 Å². The van der Waals surface area contributed by atoms with Gasteiger partial charge >= 0.3 is 0 Å². The van der Waals surface area contributed by atoms with Crippen molar-refractivity contribution in [1.29, 1.82) is 0 Å². The van der Waals surface area contributed by atoms with Crippen molar-refractivity contribution in [2.24, 2.45) is 0 Å². The third-order valence-corrected chi connectivity index (χ3v) is 6.09. The summed E-state index contributed by atoms with van der Waals surface area (Å²) >= 11 is 6.54. The zero-order valence-corrected chi connectivity index (χ0v) is 16.2. The van der Waals surface area contributed by atoms with Crippen LogP contribution < -0.4 is 0 Å². The van der Waals surface area contributed by atoms with Crippen LogP contribution in [0, 0.1) is 0 Å². The van der Waals surface area contributed by atoms with Gasteiger partial charge in [-0.1, -0.05) is 24.0 Å². The van der Waals surface area contributed by atoms with E-state index in [2.05, 4.69) is 0 Å². The number of carbonyl (C=O) groups is 2. The van der Waals surface area contributed by atoms with Gasteiger partial charge in [0.2, 0.25) is 5.91 Å². The smallest absolute Gasteiger partial charge is 0.267 e. The molecule has 140 valence electrons. The number of thioether (sulfide) groups is 1. The molecule has 2 aliphatic heterocycles. The largest absolute Gasteiger partial charge is 0.465 e. The van der Waals surface area contributed by atoms with Crippen LogP contribution in [0.4, 0.5) is 0 Å². The number of piperidine rings is 1. The molecule has 0 unspecified atom stereocenters. The number of carbonyl (C=O) groups excluding carboxylic acids is 2. The zero-order valence-electron chi connectivity index (χ0n) is 14.6. The minimum absolute atomic E-state index is 0.0285. The van der Waals surface area contributed by atoms with E-state index in [1.54, 1.807) is 30.0 Å². The van der Waals surface area contributed by atoms with Crippen LogP contribution in [0.3, 0.4) is 0 Å². The fraction of sp³-hybridized carbons (Fsp3) is 0.500. The van der Waals surface area contributed by atoms with E-state index in [0.29, 0.717) is 28.0 Å². The van der Waals surface area contributed by atoms with E-state index in [0.717, 1.165) is 19.3 Å². The second-order valence-corrected chi connectivity index (χ2v) is 8.11. The number of hydrogen-bond acceptors (Lipinski definition) is 6. The summed E-state index contributed by atoms with van der Waals surface area (Å²) < 4.78 is 5.63. The summed E-state index contributed by atoms with van der Waals surface area (Å²) in [7, 11) is 0. The summed E-state index contributed by atoms with van der Waals surface area (Å²) in [5.41, 5.74) is 0. The Morgan fingerprint density at radius 1 is 1.54 bits per heavy atom. The Labute approximate surface area is 162 Å². The van der Waals surface area contributed by atoms with Gasteiger partial charge in [-0.05, 0) is 44.7 Å². The highest BCUT2D eigenvalue weighted by molar-refractivity contribution is 8.26. The lowest BCUT2D eigenvalue weighted by Crippen LogP contribution is -2.53. The fourth-order valence-corrected chi connectivity index (χ4v) is 4.81. The first-order valence-corrected chi connectivity index (χ1v) is 9.97. The van der Waals surface area contributed by atoms with Gasteiger partial charge in [0, 0.05) is 25.3 Å². The van der Waals surface area contributed by atoms with E-state index in [1.807, 2.05) is 0 Å². The average Bonchev–Trinajstić information content (AvgIpc) is 3.23. The van der Waals surface area contributed by atoms with Gasteiger partial charge in [0.25, 0.3) is 5.91 Å². The summed E-state index contributed by atoms with van der Waals surface area (Å²) in [6.45, 7) is 2.42. The van der Waals surface area contributed by atoms with Crippen LogP contribution in [0.25, 0.3) is 6.08 Å². The van der Waals surface area contributed by atoms with Crippen LogP contribution in [-0.4, -0.2) is 56.3 Å². The van der Waals surface area contributed by atoms with Crippen LogP contribution in [0.15, 0.2) is 27.7 Å². The first-order chi connectivity index (χ1) is 12.5. The lowest BCUT2D eigenvalue weighted by molar-refractivity contribution is -0.142. The van der Waals surface area contributed by atoms with Crippen LogP contribution in [-0.2, 0) is 9.59 Å². The molecular weight excluding hydrogens is 372 g/mol. The minimum atomic E-state index is -0.663. The highest BCUT2D eigenvalue weighted by Crippen LogP contribution is 2.34. The van der Waals surface area contributed by atoms with Crippen molar-refractivity contribution in [2.45, 2.75) is 44.7 Å². The molecule has 2 amide bonds. The predicted octanol–water partition coefficient (Wildman–Crippen LogP) is 2.63. The van der Waals surface area contributed by atoms with Crippen molar-refractivity contribution in [2.75, 3.05) is 13.2 Å². The quantitative estimate of drug-likeness (QED) is 0.611. The number of nitrogens with zero attached hydrogens (tertiary/aromatic N) is 2. The third kappa shape index (κ3) is 3.87. The Hall–Kier alpha value is -1.64. The Balaban J connectivity index is 1.76. The Morgan fingerprint density at radius 3 is 3.04 bits per heavy atom. The lowest BCUT2D eigenvalue weighted by Gasteiger charge is -2.38. The van der Waals surface area contributed by atoms with Crippen LogP contribution in [0.2, 0.25) is 0 Å². The van der Waals surface area contributed by atoms with Gasteiger partial charge in [0.1, 0.15) is 16.1 Å². The van der Waals surface area contributed by atoms with E-state index in [9.17, 15) is 14.7 Å². The lowest BCUT2D eigenvalue weighted by atomic mass is 9.98. The van der Waals surface area contributed by atoms with Crippen LogP contribution >= 0.6 is 24.0 Å². The van der Waals surface area contributed by atoms with Crippen molar-refractivity contribution in [3.05, 3.63) is 29.1 Å². The van der Waals surface area contributed by atoms with Crippen LogP contribution in [0.1, 0.15) is 38.4 Å². The summed E-state index contributed by atoms with van der Waals surface area (Å²) in [4.78, 5) is 29.5. The van der Waals surface area contributed by atoms with E-state index in [1.165, 1.54) is 22.9 Å². The summed E-state index contributed by atoms with van der Waals surface area (Å²) in [5, 5.41) is 9.27. The molecule has 0 radical (unpaired) electrons. The standard InChI is InChI=1S/C18H22N2O4S2/c1-12(16(22)19-8-3-2-5-13(19)7-9-21)20-17(23)15(26-18(20)25)11-14-6-4-10-24-14/h4,6,10-13,21H,2-3,5,7-9H2,1H3/b15-11-/t12-,13-/m1/s1. The fourth-order valence-electron chi connectivity index (χ4n) is 3.41. The molecule has 0 spiro atoms. The molecule has 0 saturated carbocycles. The topological polar surface area (TPSA) is 74.0 Å². The van der Waals surface area contributed by atoms with Crippen molar-refractivity contribution in [1.82, 2.24) is 9.80 Å². The van der Waals surface area contributed by atoms with Gasteiger partial charge in [-0.15, -0.1) is 0 Å². The number of thiocarbonyl (C=S) groups is 1. The Kier molecular flexibility index (Phi) is 6.16. The minimum Gasteiger partial charge on any atom is -0.465 e. The van der Waals surface area contributed by atoms with E-state index in [-0.39, 0.29) is 24.5 Å². The van der Waals surface area contributed by atoms with Gasteiger partial charge in [-0.3, -0.25) is 14.5 Å². The molecule has 3 heterocycles.